The molecule has 7 heteroatoms. The third kappa shape index (κ3) is 1.31. The summed E-state index contributed by atoms with van der Waals surface area (Å²) in [6.45, 7) is 0. The molecule has 3 rings (SSSR count). The Morgan fingerprint density at radius 1 is 1.31 bits per heavy atom. The van der Waals surface area contributed by atoms with Crippen LogP contribution in [0.15, 0.2) is 30.7 Å². The van der Waals surface area contributed by atoms with Gasteiger partial charge in [-0.25, -0.2) is 14.2 Å². The second kappa shape index (κ2) is 3.21. The Bertz CT molecular complexity index is 635. The summed E-state index contributed by atoms with van der Waals surface area (Å²) in [6.07, 6.45) is 5.09. The number of rotatable bonds is 1. The van der Waals surface area contributed by atoms with E-state index in [4.69, 9.17) is 17.3 Å². The first-order valence-electron chi connectivity index (χ1n) is 4.55. The number of anilines is 1. The van der Waals surface area contributed by atoms with Gasteiger partial charge in [0.25, 0.3) is 0 Å². The molecule has 0 aliphatic heterocycles. The minimum atomic E-state index is 0.289. The highest BCUT2D eigenvalue weighted by Crippen LogP contribution is 2.17. The van der Waals surface area contributed by atoms with Gasteiger partial charge in [0, 0.05) is 18.3 Å². The summed E-state index contributed by atoms with van der Waals surface area (Å²) in [7, 11) is 0. The minimum absolute atomic E-state index is 0.289. The first-order chi connectivity index (χ1) is 7.74. The van der Waals surface area contributed by atoms with Crippen molar-refractivity contribution in [2.75, 3.05) is 5.73 Å². The molecule has 0 unspecified atom stereocenters. The molecule has 0 saturated carbocycles. The van der Waals surface area contributed by atoms with Crippen molar-refractivity contribution in [2.45, 2.75) is 0 Å². The zero-order valence-electron chi connectivity index (χ0n) is 8.08. The topological polar surface area (TPSA) is 74.0 Å². The van der Waals surface area contributed by atoms with Crippen molar-refractivity contribution in [3.05, 3.63) is 35.7 Å². The number of nitrogens with zero attached hydrogens (tertiary/aromatic N) is 5. The zero-order valence-corrected chi connectivity index (χ0v) is 8.83. The second-order valence-corrected chi connectivity index (χ2v) is 3.63. The van der Waals surface area contributed by atoms with Crippen molar-refractivity contribution in [1.29, 1.82) is 0 Å². The quantitative estimate of drug-likeness (QED) is 0.686. The molecule has 0 saturated heterocycles. The van der Waals surface area contributed by atoms with E-state index in [1.54, 1.807) is 35.2 Å². The van der Waals surface area contributed by atoms with E-state index in [2.05, 4.69) is 15.2 Å². The Hall–Kier alpha value is -2.08. The molecule has 0 fully saturated rings. The predicted octanol–water partition coefficient (Wildman–Crippen LogP) is 1.15. The summed E-state index contributed by atoms with van der Waals surface area (Å²) in [4.78, 5) is 4.35. The molecule has 0 amide bonds. The lowest BCUT2D eigenvalue weighted by molar-refractivity contribution is 0.836. The Balaban J connectivity index is 2.17. The maximum absolute atomic E-state index is 5.82. The van der Waals surface area contributed by atoms with Gasteiger partial charge in [-0.2, -0.15) is 5.10 Å². The smallest absolute Gasteiger partial charge is 0.164 e. The summed E-state index contributed by atoms with van der Waals surface area (Å²) < 4.78 is 3.20. The van der Waals surface area contributed by atoms with Gasteiger partial charge < -0.3 is 5.73 Å². The van der Waals surface area contributed by atoms with Crippen molar-refractivity contribution in [3.63, 3.8) is 0 Å². The number of hydrogen-bond donors (Lipinski definition) is 1. The van der Waals surface area contributed by atoms with Crippen LogP contribution in [0.25, 0.3) is 11.5 Å². The molecule has 0 bridgehead atoms. The predicted molar refractivity (Wildman–Crippen MR) is 59.5 cm³/mol. The fraction of sp³-hybridized carbons (Fsp3) is 0. The molecule has 2 N–H and O–H groups in total. The van der Waals surface area contributed by atoms with Crippen LogP contribution in [0.2, 0.25) is 5.02 Å². The van der Waals surface area contributed by atoms with Crippen molar-refractivity contribution in [2.24, 2.45) is 0 Å². The Kier molecular flexibility index (Phi) is 1.84. The van der Waals surface area contributed by atoms with E-state index in [0.29, 0.717) is 10.8 Å². The standard InChI is InChI=1S/C9H7ClN6/c10-6-5-16(14-9(6)11)8-2-4-15-7(13-8)1-3-12-15/h1-5H,(H2,11,14). The van der Waals surface area contributed by atoms with E-state index in [1.165, 1.54) is 4.68 Å². The molecule has 0 radical (unpaired) electrons. The molecule has 16 heavy (non-hydrogen) atoms. The largest absolute Gasteiger partial charge is 0.381 e. The molecule has 3 aromatic heterocycles. The van der Waals surface area contributed by atoms with Crippen LogP contribution in [0.3, 0.4) is 0 Å². The summed E-state index contributed by atoms with van der Waals surface area (Å²) in [6, 6.07) is 3.58. The third-order valence-electron chi connectivity index (χ3n) is 2.17. The van der Waals surface area contributed by atoms with Crippen LogP contribution in [0.5, 0.6) is 0 Å². The number of fused-ring (bicyclic) bond motifs is 1. The fourth-order valence-corrected chi connectivity index (χ4v) is 1.54. The first-order valence-corrected chi connectivity index (χ1v) is 4.93. The number of halogens is 1. The van der Waals surface area contributed by atoms with Crippen LogP contribution in [-0.4, -0.2) is 24.4 Å². The van der Waals surface area contributed by atoms with Crippen LogP contribution in [0.4, 0.5) is 5.82 Å². The van der Waals surface area contributed by atoms with Crippen molar-refractivity contribution in [1.82, 2.24) is 24.4 Å². The van der Waals surface area contributed by atoms with Crippen LogP contribution >= 0.6 is 11.6 Å². The van der Waals surface area contributed by atoms with Gasteiger partial charge in [-0.1, -0.05) is 11.6 Å². The molecule has 0 atom stereocenters. The minimum Gasteiger partial charge on any atom is -0.381 e. The summed E-state index contributed by atoms with van der Waals surface area (Å²) in [5.41, 5.74) is 6.30. The molecular weight excluding hydrogens is 228 g/mol. The van der Waals surface area contributed by atoms with Gasteiger partial charge in [0.2, 0.25) is 0 Å². The van der Waals surface area contributed by atoms with E-state index < -0.39 is 0 Å². The molecule has 0 aliphatic carbocycles. The van der Waals surface area contributed by atoms with Crippen molar-refractivity contribution < 1.29 is 0 Å². The lowest BCUT2D eigenvalue weighted by Crippen LogP contribution is -2.01. The zero-order chi connectivity index (χ0) is 11.1. The van der Waals surface area contributed by atoms with E-state index in [-0.39, 0.29) is 5.82 Å². The van der Waals surface area contributed by atoms with Gasteiger partial charge >= 0.3 is 0 Å². The normalized spacial score (nSPS) is 11.1. The maximum Gasteiger partial charge on any atom is 0.164 e. The average molecular weight is 235 g/mol. The molecule has 6 nitrogen and oxygen atoms in total. The summed E-state index contributed by atoms with van der Waals surface area (Å²) in [5, 5.41) is 8.50. The summed E-state index contributed by atoms with van der Waals surface area (Å²) >= 11 is 5.82. The second-order valence-electron chi connectivity index (χ2n) is 3.23. The van der Waals surface area contributed by atoms with Crippen LogP contribution in [0.1, 0.15) is 0 Å². The highest BCUT2D eigenvalue weighted by atomic mass is 35.5. The van der Waals surface area contributed by atoms with Gasteiger partial charge in [0.15, 0.2) is 17.3 Å². The van der Waals surface area contributed by atoms with Gasteiger partial charge in [-0.15, -0.1) is 5.10 Å². The average Bonchev–Trinajstić information content (AvgIpc) is 2.85. The van der Waals surface area contributed by atoms with E-state index in [9.17, 15) is 0 Å². The van der Waals surface area contributed by atoms with Crippen LogP contribution in [-0.2, 0) is 0 Å². The van der Waals surface area contributed by atoms with Gasteiger partial charge in [-0.3, -0.25) is 0 Å². The number of hydrogen-bond acceptors (Lipinski definition) is 4. The SMILES string of the molecule is Nc1nn(-c2ccn3nccc3n2)cc1Cl. The Morgan fingerprint density at radius 2 is 2.19 bits per heavy atom. The lowest BCUT2D eigenvalue weighted by Gasteiger charge is -1.99. The summed E-state index contributed by atoms with van der Waals surface area (Å²) in [5.74, 6) is 0.934. The fourth-order valence-electron chi connectivity index (χ4n) is 1.41. The van der Waals surface area contributed by atoms with Gasteiger partial charge in [-0.05, 0) is 0 Å². The Morgan fingerprint density at radius 3 is 2.94 bits per heavy atom. The van der Waals surface area contributed by atoms with E-state index in [1.807, 2.05) is 0 Å². The van der Waals surface area contributed by atoms with Gasteiger partial charge in [0.05, 0.1) is 12.4 Å². The molecule has 0 aliphatic rings. The van der Waals surface area contributed by atoms with E-state index in [0.717, 1.165) is 5.65 Å². The monoisotopic (exact) mass is 234 g/mol. The van der Waals surface area contributed by atoms with Crippen LogP contribution < -0.4 is 5.73 Å². The first kappa shape index (κ1) is 9.17. The molecule has 3 heterocycles. The Labute approximate surface area is 95.3 Å². The highest BCUT2D eigenvalue weighted by molar-refractivity contribution is 6.32. The number of aromatic nitrogens is 5. The molecule has 3 aromatic rings. The maximum atomic E-state index is 5.82. The lowest BCUT2D eigenvalue weighted by atomic mass is 10.5. The molecule has 80 valence electrons. The van der Waals surface area contributed by atoms with E-state index >= 15 is 0 Å². The van der Waals surface area contributed by atoms with Gasteiger partial charge in [0.1, 0.15) is 5.02 Å². The van der Waals surface area contributed by atoms with Crippen molar-refractivity contribution >= 4 is 23.1 Å². The molecule has 0 spiro atoms. The highest BCUT2D eigenvalue weighted by Gasteiger charge is 2.06. The van der Waals surface area contributed by atoms with Crippen molar-refractivity contribution in [3.8, 4) is 5.82 Å². The van der Waals surface area contributed by atoms with Crippen LogP contribution in [0, 0.1) is 0 Å². The number of nitrogens with two attached hydrogens (primary N) is 1. The number of nitrogen functional groups attached to an aromatic ring is 1. The molecule has 0 aromatic carbocycles. The third-order valence-corrected chi connectivity index (χ3v) is 2.47. The molecular formula is C9H7ClN6.